The summed E-state index contributed by atoms with van der Waals surface area (Å²) in [4.78, 5) is 15.6. The van der Waals surface area contributed by atoms with E-state index in [9.17, 15) is 4.79 Å². The zero-order valence-corrected chi connectivity index (χ0v) is 12.0. The van der Waals surface area contributed by atoms with Gasteiger partial charge in [0.15, 0.2) is 0 Å². The molecule has 6 heteroatoms. The molecule has 0 fully saturated rings. The summed E-state index contributed by atoms with van der Waals surface area (Å²) in [7, 11) is 0. The molecule has 0 radical (unpaired) electrons. The van der Waals surface area contributed by atoms with E-state index < -0.39 is 0 Å². The predicted octanol–water partition coefficient (Wildman–Crippen LogP) is 3.20. The van der Waals surface area contributed by atoms with E-state index in [0.29, 0.717) is 34.6 Å². The number of carbonyl (C=O) groups excluding carboxylic acids is 1. The predicted molar refractivity (Wildman–Crippen MR) is 78.5 cm³/mol. The highest BCUT2D eigenvalue weighted by molar-refractivity contribution is 6.30. The number of hydrogen-bond donors (Lipinski definition) is 1. The van der Waals surface area contributed by atoms with E-state index in [1.807, 2.05) is 0 Å². The van der Waals surface area contributed by atoms with E-state index in [1.54, 1.807) is 36.4 Å². The molecule has 0 unspecified atom stereocenters. The number of ether oxygens (including phenoxy) is 1. The number of nitrogens with one attached hydrogen (secondary N) is 1. The lowest BCUT2D eigenvalue weighted by Gasteiger charge is -2.07. The third-order valence-electron chi connectivity index (χ3n) is 2.46. The summed E-state index contributed by atoms with van der Waals surface area (Å²) in [6.45, 7) is 0.762. The van der Waals surface area contributed by atoms with Crippen molar-refractivity contribution in [2.75, 3.05) is 13.2 Å². The summed E-state index contributed by atoms with van der Waals surface area (Å²) < 4.78 is 5.46. The average Bonchev–Trinajstić information content (AvgIpc) is 2.46. The zero-order valence-electron chi connectivity index (χ0n) is 10.5. The lowest BCUT2D eigenvalue weighted by Crippen LogP contribution is -2.28. The highest BCUT2D eigenvalue weighted by Gasteiger charge is 2.05. The lowest BCUT2D eigenvalue weighted by atomic mass is 10.3. The van der Waals surface area contributed by atoms with Crippen LogP contribution in [0.15, 0.2) is 42.6 Å². The smallest absolute Gasteiger partial charge is 0.252 e. The molecule has 0 bridgehead atoms. The van der Waals surface area contributed by atoms with Crippen molar-refractivity contribution in [3.05, 3.63) is 58.3 Å². The molecule has 1 amide bonds. The molecular weight excluding hydrogens is 299 g/mol. The van der Waals surface area contributed by atoms with E-state index in [-0.39, 0.29) is 5.91 Å². The van der Waals surface area contributed by atoms with Crippen LogP contribution in [0.1, 0.15) is 10.4 Å². The van der Waals surface area contributed by atoms with Crippen molar-refractivity contribution in [1.29, 1.82) is 0 Å². The zero-order chi connectivity index (χ0) is 14.4. The maximum absolute atomic E-state index is 11.7. The van der Waals surface area contributed by atoms with E-state index in [4.69, 9.17) is 27.9 Å². The van der Waals surface area contributed by atoms with Crippen molar-refractivity contribution in [3.8, 4) is 5.75 Å². The Kier molecular flexibility index (Phi) is 5.21. The summed E-state index contributed by atoms with van der Waals surface area (Å²) >= 11 is 11.4. The van der Waals surface area contributed by atoms with Gasteiger partial charge >= 0.3 is 0 Å². The molecule has 0 aliphatic carbocycles. The van der Waals surface area contributed by atoms with Gasteiger partial charge in [0.25, 0.3) is 5.91 Å². The highest BCUT2D eigenvalue weighted by Crippen LogP contribution is 2.15. The van der Waals surface area contributed by atoms with Gasteiger partial charge < -0.3 is 10.1 Å². The van der Waals surface area contributed by atoms with Gasteiger partial charge in [-0.1, -0.05) is 23.2 Å². The van der Waals surface area contributed by atoms with Crippen molar-refractivity contribution in [1.82, 2.24) is 10.3 Å². The molecule has 1 heterocycles. The van der Waals surface area contributed by atoms with Gasteiger partial charge in [-0.05, 0) is 36.4 Å². The number of aromatic nitrogens is 1. The maximum Gasteiger partial charge on any atom is 0.252 e. The van der Waals surface area contributed by atoms with Crippen LogP contribution in [-0.4, -0.2) is 24.0 Å². The van der Waals surface area contributed by atoms with E-state index in [2.05, 4.69) is 10.3 Å². The first kappa shape index (κ1) is 14.6. The van der Waals surface area contributed by atoms with Crippen molar-refractivity contribution < 1.29 is 9.53 Å². The number of benzene rings is 1. The minimum atomic E-state index is -0.214. The summed E-state index contributed by atoms with van der Waals surface area (Å²) in [5, 5.41) is 3.73. The summed E-state index contributed by atoms with van der Waals surface area (Å²) in [5.41, 5.74) is 0.459. The van der Waals surface area contributed by atoms with Crippen molar-refractivity contribution >= 4 is 29.1 Å². The second-order valence-corrected chi connectivity index (χ2v) is 4.75. The van der Waals surface area contributed by atoms with Crippen molar-refractivity contribution in [2.24, 2.45) is 0 Å². The Balaban J connectivity index is 1.74. The fraction of sp³-hybridized carbons (Fsp3) is 0.143. The van der Waals surface area contributed by atoms with Crippen LogP contribution in [0.5, 0.6) is 5.75 Å². The van der Waals surface area contributed by atoms with E-state index in [1.165, 1.54) is 6.20 Å². The molecule has 0 spiro atoms. The number of halogens is 2. The first-order chi connectivity index (χ1) is 9.65. The van der Waals surface area contributed by atoms with Crippen LogP contribution >= 0.6 is 23.2 Å². The fourth-order valence-corrected chi connectivity index (χ4v) is 1.71. The molecule has 2 aromatic rings. The summed E-state index contributed by atoms with van der Waals surface area (Å²) in [6.07, 6.45) is 1.43. The van der Waals surface area contributed by atoms with Gasteiger partial charge in [-0.25, -0.2) is 4.98 Å². The van der Waals surface area contributed by atoms with Crippen LogP contribution < -0.4 is 10.1 Å². The lowest BCUT2D eigenvalue weighted by molar-refractivity contribution is 0.0946. The monoisotopic (exact) mass is 310 g/mol. The van der Waals surface area contributed by atoms with Gasteiger partial charge in [-0.3, -0.25) is 4.79 Å². The van der Waals surface area contributed by atoms with Crippen LogP contribution in [0.25, 0.3) is 0 Å². The minimum Gasteiger partial charge on any atom is -0.492 e. The summed E-state index contributed by atoms with van der Waals surface area (Å²) in [5.74, 6) is 0.491. The molecule has 0 aliphatic heterocycles. The van der Waals surface area contributed by atoms with Crippen LogP contribution in [-0.2, 0) is 0 Å². The molecule has 1 N–H and O–H groups in total. The van der Waals surface area contributed by atoms with Crippen LogP contribution in [0.2, 0.25) is 10.2 Å². The standard InChI is InChI=1S/C14H12Cl2N2O2/c15-11-2-4-12(5-3-11)20-8-7-17-14(19)10-1-6-13(16)18-9-10/h1-6,9H,7-8H2,(H,17,19). The molecule has 2 rings (SSSR count). The Labute approximate surface area is 126 Å². The molecule has 0 saturated carbocycles. The van der Waals surface area contributed by atoms with Gasteiger partial charge in [0.2, 0.25) is 0 Å². The largest absolute Gasteiger partial charge is 0.492 e. The molecule has 104 valence electrons. The van der Waals surface area contributed by atoms with E-state index >= 15 is 0 Å². The Morgan fingerprint density at radius 2 is 1.90 bits per heavy atom. The number of carbonyl (C=O) groups is 1. The first-order valence-corrected chi connectivity index (χ1v) is 6.69. The topological polar surface area (TPSA) is 51.2 Å². The van der Waals surface area contributed by atoms with Crippen LogP contribution in [0.4, 0.5) is 0 Å². The quantitative estimate of drug-likeness (QED) is 0.681. The van der Waals surface area contributed by atoms with Gasteiger partial charge in [0, 0.05) is 11.2 Å². The SMILES string of the molecule is O=C(NCCOc1ccc(Cl)cc1)c1ccc(Cl)nc1. The molecular formula is C14H12Cl2N2O2. The number of rotatable bonds is 5. The molecule has 0 saturated heterocycles. The molecule has 20 heavy (non-hydrogen) atoms. The number of pyridine rings is 1. The third-order valence-corrected chi connectivity index (χ3v) is 2.94. The fourth-order valence-electron chi connectivity index (χ4n) is 1.48. The van der Waals surface area contributed by atoms with Gasteiger partial charge in [-0.15, -0.1) is 0 Å². The Bertz CT molecular complexity index is 571. The van der Waals surface area contributed by atoms with Crippen LogP contribution in [0.3, 0.4) is 0 Å². The van der Waals surface area contributed by atoms with E-state index in [0.717, 1.165) is 0 Å². The Morgan fingerprint density at radius 1 is 1.15 bits per heavy atom. The van der Waals surface area contributed by atoms with Crippen molar-refractivity contribution in [2.45, 2.75) is 0 Å². The van der Waals surface area contributed by atoms with Gasteiger partial charge in [0.1, 0.15) is 17.5 Å². The molecule has 1 aromatic carbocycles. The van der Waals surface area contributed by atoms with Crippen molar-refractivity contribution in [3.63, 3.8) is 0 Å². The van der Waals surface area contributed by atoms with Crippen LogP contribution in [0, 0.1) is 0 Å². The Hall–Kier alpha value is -1.78. The number of amides is 1. The van der Waals surface area contributed by atoms with Gasteiger partial charge in [0.05, 0.1) is 12.1 Å². The maximum atomic E-state index is 11.7. The molecule has 0 atom stereocenters. The first-order valence-electron chi connectivity index (χ1n) is 5.93. The molecule has 1 aromatic heterocycles. The molecule has 0 aliphatic rings. The Morgan fingerprint density at radius 3 is 2.55 bits per heavy atom. The summed E-state index contributed by atoms with van der Waals surface area (Å²) in [6, 6.07) is 10.2. The molecule has 4 nitrogen and oxygen atoms in total. The normalized spacial score (nSPS) is 10.1. The third kappa shape index (κ3) is 4.40. The average molecular weight is 311 g/mol. The number of hydrogen-bond acceptors (Lipinski definition) is 3. The van der Waals surface area contributed by atoms with Gasteiger partial charge in [-0.2, -0.15) is 0 Å². The second kappa shape index (κ2) is 7.12. The highest BCUT2D eigenvalue weighted by atomic mass is 35.5. The minimum absolute atomic E-state index is 0.214. The number of nitrogens with zero attached hydrogens (tertiary/aromatic N) is 1. The second-order valence-electron chi connectivity index (χ2n) is 3.93.